The number of rotatable bonds is 7. The fraction of sp³-hybridized carbons (Fsp3) is 0.286. The van der Waals surface area contributed by atoms with Crippen LogP contribution in [0.25, 0.3) is 0 Å². The first kappa shape index (κ1) is 22.0. The Labute approximate surface area is 167 Å². The zero-order chi connectivity index (χ0) is 21.6. The Morgan fingerprint density at radius 2 is 1.69 bits per heavy atom. The molecule has 2 rings (SSSR count). The highest BCUT2D eigenvalue weighted by molar-refractivity contribution is 5.97. The van der Waals surface area contributed by atoms with Crippen LogP contribution >= 0.6 is 0 Å². The van der Waals surface area contributed by atoms with Crippen molar-refractivity contribution in [2.75, 3.05) is 11.9 Å². The molecule has 0 bridgehead atoms. The van der Waals surface area contributed by atoms with Crippen molar-refractivity contribution in [3.05, 3.63) is 65.2 Å². The Bertz CT molecular complexity index is 898. The third-order valence-corrected chi connectivity index (χ3v) is 4.07. The van der Waals surface area contributed by atoms with Crippen LogP contribution in [0.2, 0.25) is 0 Å². The van der Waals surface area contributed by atoms with E-state index >= 15 is 0 Å². The van der Waals surface area contributed by atoms with Crippen molar-refractivity contribution in [2.24, 2.45) is 5.92 Å². The van der Waals surface area contributed by atoms with Crippen molar-refractivity contribution in [2.45, 2.75) is 26.8 Å². The average molecular weight is 404 g/mol. The molecule has 0 heterocycles. The highest BCUT2D eigenvalue weighted by Crippen LogP contribution is 2.15. The van der Waals surface area contributed by atoms with Crippen molar-refractivity contribution in [1.82, 2.24) is 5.32 Å². The van der Waals surface area contributed by atoms with E-state index in [1.54, 1.807) is 38.1 Å². The van der Waals surface area contributed by atoms with E-state index in [9.17, 15) is 23.2 Å². The van der Waals surface area contributed by atoms with E-state index in [1.807, 2.05) is 6.92 Å². The number of nitrogens with one attached hydrogen (secondary N) is 2. The smallest absolute Gasteiger partial charge is 0.329 e. The number of esters is 1. The third-order valence-electron chi connectivity index (χ3n) is 4.07. The maximum absolute atomic E-state index is 13.6. The van der Waals surface area contributed by atoms with Crippen LogP contribution in [0.3, 0.4) is 0 Å². The molecule has 6 nitrogen and oxygen atoms in total. The van der Waals surface area contributed by atoms with Crippen LogP contribution in [0.1, 0.15) is 29.8 Å². The first-order chi connectivity index (χ1) is 13.7. The second kappa shape index (κ2) is 9.77. The molecule has 2 N–H and O–H groups in total. The van der Waals surface area contributed by atoms with Gasteiger partial charge in [-0.3, -0.25) is 9.59 Å². The fourth-order valence-corrected chi connectivity index (χ4v) is 2.43. The monoisotopic (exact) mass is 404 g/mol. The van der Waals surface area contributed by atoms with Gasteiger partial charge in [-0.05, 0) is 37.1 Å². The lowest BCUT2D eigenvalue weighted by Gasteiger charge is -2.21. The highest BCUT2D eigenvalue weighted by Gasteiger charge is 2.27. The molecule has 0 saturated heterocycles. The molecule has 2 aromatic rings. The molecule has 0 radical (unpaired) electrons. The number of halogens is 2. The van der Waals surface area contributed by atoms with Gasteiger partial charge < -0.3 is 15.4 Å². The van der Waals surface area contributed by atoms with E-state index in [4.69, 9.17) is 4.74 Å². The molecule has 1 atom stereocenters. The van der Waals surface area contributed by atoms with Gasteiger partial charge in [0.15, 0.2) is 6.61 Å². The summed E-state index contributed by atoms with van der Waals surface area (Å²) in [6.45, 7) is 4.64. The number of amides is 2. The minimum atomic E-state index is -0.973. The molecule has 0 unspecified atom stereocenters. The molecule has 0 aromatic heterocycles. The van der Waals surface area contributed by atoms with Crippen LogP contribution < -0.4 is 10.6 Å². The molecular formula is C21H22F2N2O4. The summed E-state index contributed by atoms with van der Waals surface area (Å²) in [5.41, 5.74) is 1.14. The molecule has 0 aliphatic heterocycles. The molecule has 8 heteroatoms. The zero-order valence-corrected chi connectivity index (χ0v) is 16.3. The molecular weight excluding hydrogens is 382 g/mol. The summed E-state index contributed by atoms with van der Waals surface area (Å²) >= 11 is 0. The van der Waals surface area contributed by atoms with Crippen LogP contribution in [0.4, 0.5) is 14.5 Å². The minimum absolute atomic E-state index is 0.236. The summed E-state index contributed by atoms with van der Waals surface area (Å²) in [6.07, 6.45) is 0. The van der Waals surface area contributed by atoms with Gasteiger partial charge in [-0.15, -0.1) is 0 Å². The topological polar surface area (TPSA) is 84.5 Å². The summed E-state index contributed by atoms with van der Waals surface area (Å²) in [6, 6.07) is 8.52. The van der Waals surface area contributed by atoms with Crippen LogP contribution in [0.15, 0.2) is 42.5 Å². The van der Waals surface area contributed by atoms with E-state index in [1.165, 1.54) is 0 Å². The highest BCUT2D eigenvalue weighted by atomic mass is 19.1. The van der Waals surface area contributed by atoms with E-state index < -0.39 is 42.1 Å². The van der Waals surface area contributed by atoms with Crippen LogP contribution in [-0.2, 0) is 14.3 Å². The lowest BCUT2D eigenvalue weighted by Crippen LogP contribution is -2.45. The number of anilines is 1. The van der Waals surface area contributed by atoms with Crippen LogP contribution in [0.5, 0.6) is 0 Å². The standard InChI is InChI=1S/C21H22F2N2O4/c1-12(2)19(25-20(27)14-6-4-13(3)5-7-14)21(28)29-11-18(26)24-17-9-8-15(22)10-16(17)23/h4-10,12,19H,11H2,1-3H3,(H,24,26)(H,25,27)/t19-/m1/s1. The fourth-order valence-electron chi connectivity index (χ4n) is 2.43. The maximum atomic E-state index is 13.6. The Kier molecular flexibility index (Phi) is 7.41. The number of hydrogen-bond acceptors (Lipinski definition) is 4. The molecule has 0 aliphatic carbocycles. The van der Waals surface area contributed by atoms with E-state index in [0.29, 0.717) is 11.6 Å². The SMILES string of the molecule is Cc1ccc(C(=O)N[C@@H](C(=O)OCC(=O)Nc2ccc(F)cc2F)C(C)C)cc1. The molecule has 154 valence electrons. The number of carbonyl (C=O) groups excluding carboxylic acids is 3. The first-order valence-corrected chi connectivity index (χ1v) is 8.96. The summed E-state index contributed by atoms with van der Waals surface area (Å²) < 4.78 is 31.4. The number of aryl methyl sites for hydroxylation is 1. The third kappa shape index (κ3) is 6.38. The van der Waals surface area contributed by atoms with Gasteiger partial charge >= 0.3 is 5.97 Å². The summed E-state index contributed by atoms with van der Waals surface area (Å²) in [5, 5.41) is 4.78. The van der Waals surface area contributed by atoms with Crippen molar-refractivity contribution in [3.8, 4) is 0 Å². The van der Waals surface area contributed by atoms with Crippen molar-refractivity contribution >= 4 is 23.5 Å². The molecule has 0 saturated carbocycles. The summed E-state index contributed by atoms with van der Waals surface area (Å²) in [5.74, 6) is -4.06. The summed E-state index contributed by atoms with van der Waals surface area (Å²) in [4.78, 5) is 36.6. The normalized spacial score (nSPS) is 11.7. The Balaban J connectivity index is 1.94. The van der Waals surface area contributed by atoms with Crippen LogP contribution in [-0.4, -0.2) is 30.4 Å². The number of carbonyl (C=O) groups is 3. The summed E-state index contributed by atoms with van der Waals surface area (Å²) in [7, 11) is 0. The zero-order valence-electron chi connectivity index (χ0n) is 16.3. The van der Waals surface area contributed by atoms with Gasteiger partial charge in [0.2, 0.25) is 0 Å². The van der Waals surface area contributed by atoms with Gasteiger partial charge in [-0.1, -0.05) is 31.5 Å². The van der Waals surface area contributed by atoms with Crippen molar-refractivity contribution < 1.29 is 27.9 Å². The maximum Gasteiger partial charge on any atom is 0.329 e. The lowest BCUT2D eigenvalue weighted by atomic mass is 10.0. The Morgan fingerprint density at radius 1 is 1.03 bits per heavy atom. The van der Waals surface area contributed by atoms with Crippen molar-refractivity contribution in [3.63, 3.8) is 0 Å². The van der Waals surface area contributed by atoms with Gasteiger partial charge in [0.05, 0.1) is 5.69 Å². The molecule has 0 spiro atoms. The van der Waals surface area contributed by atoms with Gasteiger partial charge in [0.25, 0.3) is 11.8 Å². The second-order valence-electron chi connectivity index (χ2n) is 6.84. The van der Waals surface area contributed by atoms with E-state index in [0.717, 1.165) is 17.7 Å². The molecule has 0 fully saturated rings. The predicted molar refractivity (Wildman–Crippen MR) is 103 cm³/mol. The predicted octanol–water partition coefficient (Wildman–Crippen LogP) is 3.21. The lowest BCUT2D eigenvalue weighted by molar-refractivity contribution is -0.150. The van der Waals surface area contributed by atoms with Gasteiger partial charge in [-0.2, -0.15) is 0 Å². The van der Waals surface area contributed by atoms with Gasteiger partial charge in [-0.25, -0.2) is 13.6 Å². The van der Waals surface area contributed by atoms with Crippen molar-refractivity contribution in [1.29, 1.82) is 0 Å². The van der Waals surface area contributed by atoms with E-state index in [2.05, 4.69) is 10.6 Å². The molecule has 0 aliphatic rings. The van der Waals surface area contributed by atoms with Crippen LogP contribution in [0, 0.1) is 24.5 Å². The number of hydrogen-bond donors (Lipinski definition) is 2. The second-order valence-corrected chi connectivity index (χ2v) is 6.84. The van der Waals surface area contributed by atoms with E-state index in [-0.39, 0.29) is 11.6 Å². The minimum Gasteiger partial charge on any atom is -0.454 e. The largest absolute Gasteiger partial charge is 0.454 e. The molecule has 29 heavy (non-hydrogen) atoms. The molecule has 2 aromatic carbocycles. The number of ether oxygens (including phenoxy) is 1. The van der Waals surface area contributed by atoms with Gasteiger partial charge in [0, 0.05) is 11.6 Å². The van der Waals surface area contributed by atoms with Gasteiger partial charge in [0.1, 0.15) is 17.7 Å². The Hall–Kier alpha value is -3.29. The Morgan fingerprint density at radius 3 is 2.28 bits per heavy atom. The quantitative estimate of drug-likeness (QED) is 0.694. The number of benzene rings is 2. The average Bonchev–Trinajstić information content (AvgIpc) is 2.66. The first-order valence-electron chi connectivity index (χ1n) is 8.96. The molecule has 2 amide bonds.